The van der Waals surface area contributed by atoms with Crippen molar-refractivity contribution in [2.75, 3.05) is 11.9 Å². The number of hydrogen-bond acceptors (Lipinski definition) is 4. The Bertz CT molecular complexity index is 849. The molecule has 0 spiro atoms. The van der Waals surface area contributed by atoms with E-state index in [0.29, 0.717) is 31.0 Å². The Morgan fingerprint density at radius 1 is 1.32 bits per heavy atom. The number of fused-ring (bicyclic) bond motifs is 1. The van der Waals surface area contributed by atoms with Crippen LogP contribution in [0.4, 0.5) is 5.69 Å². The van der Waals surface area contributed by atoms with Gasteiger partial charge in [0.05, 0.1) is 12.2 Å². The predicted molar refractivity (Wildman–Crippen MR) is 91.4 cm³/mol. The Labute approximate surface area is 145 Å². The second-order valence-electron chi connectivity index (χ2n) is 6.06. The van der Waals surface area contributed by atoms with Gasteiger partial charge in [-0.2, -0.15) is 10.4 Å². The zero-order valence-electron chi connectivity index (χ0n) is 14.0. The van der Waals surface area contributed by atoms with E-state index in [0.717, 1.165) is 17.7 Å². The van der Waals surface area contributed by atoms with Crippen molar-refractivity contribution in [1.29, 1.82) is 5.26 Å². The Hall–Kier alpha value is -3.14. The van der Waals surface area contributed by atoms with Crippen molar-refractivity contribution in [2.24, 2.45) is 0 Å². The number of benzene rings is 1. The third-order valence-corrected chi connectivity index (χ3v) is 4.21. The number of nitrogens with one attached hydrogen (secondary N) is 1. The summed E-state index contributed by atoms with van der Waals surface area (Å²) >= 11 is 0. The summed E-state index contributed by atoms with van der Waals surface area (Å²) < 4.78 is 1.76. The molecule has 1 aliphatic heterocycles. The van der Waals surface area contributed by atoms with E-state index in [1.54, 1.807) is 15.6 Å². The lowest BCUT2D eigenvalue weighted by atomic mass is 10.2. The summed E-state index contributed by atoms with van der Waals surface area (Å²) in [5.41, 5.74) is 2.84. The minimum absolute atomic E-state index is 0.201. The van der Waals surface area contributed by atoms with Crippen LogP contribution in [0.1, 0.15) is 29.8 Å². The fourth-order valence-corrected chi connectivity index (χ4v) is 2.89. The van der Waals surface area contributed by atoms with Crippen molar-refractivity contribution < 1.29 is 9.59 Å². The van der Waals surface area contributed by atoms with Gasteiger partial charge in [-0.25, -0.2) is 0 Å². The van der Waals surface area contributed by atoms with E-state index in [4.69, 9.17) is 5.26 Å². The van der Waals surface area contributed by atoms with Crippen LogP contribution in [0.25, 0.3) is 0 Å². The molecule has 0 saturated heterocycles. The summed E-state index contributed by atoms with van der Waals surface area (Å²) in [4.78, 5) is 26.3. The highest BCUT2D eigenvalue weighted by atomic mass is 16.2. The van der Waals surface area contributed by atoms with Gasteiger partial charge in [0.15, 0.2) is 5.69 Å². The lowest BCUT2D eigenvalue weighted by Gasteiger charge is -2.20. The van der Waals surface area contributed by atoms with Crippen molar-refractivity contribution in [3.05, 3.63) is 47.3 Å². The second-order valence-corrected chi connectivity index (χ2v) is 6.06. The van der Waals surface area contributed by atoms with Crippen LogP contribution in [0.3, 0.4) is 0 Å². The van der Waals surface area contributed by atoms with Gasteiger partial charge in [0.25, 0.3) is 0 Å². The molecule has 1 aromatic heterocycles. The van der Waals surface area contributed by atoms with Gasteiger partial charge in [0, 0.05) is 18.8 Å². The lowest BCUT2D eigenvalue weighted by Crippen LogP contribution is -2.33. The number of carbonyl (C=O) groups excluding carboxylic acids is 2. The van der Waals surface area contributed by atoms with E-state index in [1.165, 1.54) is 0 Å². The number of hydrogen-bond donors (Lipinski definition) is 1. The van der Waals surface area contributed by atoms with Crippen molar-refractivity contribution in [2.45, 2.75) is 32.9 Å². The molecular formula is C18H19N5O2. The maximum atomic E-state index is 12.5. The molecule has 0 aliphatic carbocycles. The molecule has 128 valence electrons. The molecule has 0 saturated carbocycles. The van der Waals surface area contributed by atoms with Crippen LogP contribution < -0.4 is 5.32 Å². The maximum absolute atomic E-state index is 12.5. The summed E-state index contributed by atoms with van der Waals surface area (Å²) in [6, 6.07) is 11.2. The maximum Gasteiger partial charge on any atom is 0.233 e. The molecule has 25 heavy (non-hydrogen) atoms. The topological polar surface area (TPSA) is 91.0 Å². The van der Waals surface area contributed by atoms with Gasteiger partial charge in [-0.15, -0.1) is 0 Å². The van der Waals surface area contributed by atoms with Gasteiger partial charge in [-0.1, -0.05) is 18.2 Å². The SMILES string of the molecule is Cc1ccccc1NC(=O)CC(=O)N1CCCn2nc(C#N)cc2C1. The zero-order valence-corrected chi connectivity index (χ0v) is 14.0. The third-order valence-electron chi connectivity index (χ3n) is 4.21. The number of aryl methyl sites for hydroxylation is 2. The number of nitrogens with zero attached hydrogens (tertiary/aromatic N) is 4. The molecule has 7 heteroatoms. The van der Waals surface area contributed by atoms with E-state index >= 15 is 0 Å². The van der Waals surface area contributed by atoms with Gasteiger partial charge in [-0.05, 0) is 31.0 Å². The number of amides is 2. The summed E-state index contributed by atoms with van der Waals surface area (Å²) in [7, 11) is 0. The van der Waals surface area contributed by atoms with Crippen LogP contribution in [-0.4, -0.2) is 33.0 Å². The highest BCUT2D eigenvalue weighted by molar-refractivity contribution is 6.03. The number of para-hydroxylation sites is 1. The standard InChI is InChI=1S/C18H19N5O2/c1-13-5-2-3-6-16(13)20-17(24)10-18(25)22-7-4-8-23-15(12-22)9-14(11-19)21-23/h2-3,5-6,9H,4,7-8,10,12H2,1H3,(H,20,24). The van der Waals surface area contributed by atoms with Crippen molar-refractivity contribution >= 4 is 17.5 Å². The molecule has 0 radical (unpaired) electrons. The molecule has 2 amide bonds. The van der Waals surface area contributed by atoms with Gasteiger partial charge in [-0.3, -0.25) is 14.3 Å². The van der Waals surface area contributed by atoms with Crippen LogP contribution in [-0.2, 0) is 22.7 Å². The Morgan fingerprint density at radius 3 is 2.88 bits per heavy atom. The van der Waals surface area contributed by atoms with Crippen molar-refractivity contribution in [1.82, 2.24) is 14.7 Å². The van der Waals surface area contributed by atoms with Gasteiger partial charge < -0.3 is 10.2 Å². The first-order chi connectivity index (χ1) is 12.1. The number of nitriles is 1. The minimum Gasteiger partial charge on any atom is -0.336 e. The van der Waals surface area contributed by atoms with Crippen LogP contribution in [0, 0.1) is 18.3 Å². The Balaban J connectivity index is 1.63. The second kappa shape index (κ2) is 7.18. The van der Waals surface area contributed by atoms with Crippen LogP contribution in [0.15, 0.2) is 30.3 Å². The molecular weight excluding hydrogens is 318 g/mol. The van der Waals surface area contributed by atoms with E-state index in [9.17, 15) is 9.59 Å². The van der Waals surface area contributed by atoms with E-state index in [1.807, 2.05) is 37.3 Å². The predicted octanol–water partition coefficient (Wildman–Crippen LogP) is 1.82. The van der Waals surface area contributed by atoms with Crippen molar-refractivity contribution in [3.63, 3.8) is 0 Å². The van der Waals surface area contributed by atoms with E-state index in [-0.39, 0.29) is 18.2 Å². The molecule has 2 aromatic rings. The Morgan fingerprint density at radius 2 is 2.12 bits per heavy atom. The van der Waals surface area contributed by atoms with Crippen LogP contribution >= 0.6 is 0 Å². The molecule has 2 heterocycles. The number of carbonyl (C=O) groups is 2. The quantitative estimate of drug-likeness (QED) is 0.865. The molecule has 3 rings (SSSR count). The van der Waals surface area contributed by atoms with Gasteiger partial charge in [0.1, 0.15) is 12.5 Å². The number of aromatic nitrogens is 2. The third kappa shape index (κ3) is 3.86. The summed E-state index contributed by atoms with van der Waals surface area (Å²) in [5, 5.41) is 15.9. The molecule has 0 fully saturated rings. The van der Waals surface area contributed by atoms with Gasteiger partial charge in [0.2, 0.25) is 11.8 Å². The lowest BCUT2D eigenvalue weighted by molar-refractivity contribution is -0.135. The zero-order chi connectivity index (χ0) is 17.8. The average molecular weight is 337 g/mol. The molecule has 0 atom stereocenters. The van der Waals surface area contributed by atoms with Crippen molar-refractivity contribution in [3.8, 4) is 6.07 Å². The van der Waals surface area contributed by atoms with Crippen LogP contribution in [0.2, 0.25) is 0 Å². The largest absolute Gasteiger partial charge is 0.336 e. The first-order valence-corrected chi connectivity index (χ1v) is 8.17. The fraction of sp³-hybridized carbons (Fsp3) is 0.333. The molecule has 1 aromatic carbocycles. The molecule has 1 N–H and O–H groups in total. The normalized spacial score (nSPS) is 13.5. The first-order valence-electron chi connectivity index (χ1n) is 8.17. The molecule has 0 bridgehead atoms. The molecule has 0 unspecified atom stereocenters. The van der Waals surface area contributed by atoms with Crippen LogP contribution in [0.5, 0.6) is 0 Å². The van der Waals surface area contributed by atoms with E-state index < -0.39 is 0 Å². The number of rotatable bonds is 3. The summed E-state index contributed by atoms with van der Waals surface area (Å²) in [5.74, 6) is -0.547. The summed E-state index contributed by atoms with van der Waals surface area (Å²) in [6.07, 6.45) is 0.540. The monoisotopic (exact) mass is 337 g/mol. The molecule has 1 aliphatic rings. The fourth-order valence-electron chi connectivity index (χ4n) is 2.89. The Kier molecular flexibility index (Phi) is 4.80. The summed E-state index contributed by atoms with van der Waals surface area (Å²) in [6.45, 7) is 3.50. The average Bonchev–Trinajstić information content (AvgIpc) is 2.87. The smallest absolute Gasteiger partial charge is 0.233 e. The van der Waals surface area contributed by atoms with E-state index in [2.05, 4.69) is 10.4 Å². The van der Waals surface area contributed by atoms with Gasteiger partial charge >= 0.3 is 0 Å². The highest BCUT2D eigenvalue weighted by Crippen LogP contribution is 2.16. The minimum atomic E-state index is -0.324. The highest BCUT2D eigenvalue weighted by Gasteiger charge is 2.22. The first kappa shape index (κ1) is 16.7. The molecule has 7 nitrogen and oxygen atoms in total. The number of anilines is 1.